The van der Waals surface area contributed by atoms with Gasteiger partial charge in [-0.25, -0.2) is 4.79 Å². The fourth-order valence-corrected chi connectivity index (χ4v) is 4.17. The molecule has 0 fully saturated rings. The Morgan fingerprint density at radius 1 is 0.897 bits per heavy atom. The summed E-state index contributed by atoms with van der Waals surface area (Å²) in [5, 5.41) is 6.29. The van der Waals surface area contributed by atoms with Crippen LogP contribution >= 0.6 is 0 Å². The van der Waals surface area contributed by atoms with Gasteiger partial charge in [0.15, 0.2) is 0 Å². The number of amides is 2. The van der Waals surface area contributed by atoms with Crippen LogP contribution in [0.4, 0.5) is 17.1 Å². The maximum atomic E-state index is 13.2. The lowest BCUT2D eigenvalue weighted by molar-refractivity contribution is -0.119. The summed E-state index contributed by atoms with van der Waals surface area (Å²) in [5.74, 6) is -0.794. The highest BCUT2D eigenvalue weighted by Gasteiger charge is 2.29. The summed E-state index contributed by atoms with van der Waals surface area (Å²) in [7, 11) is 6.98. The molecular weight excluding hydrogens is 496 g/mol. The molecule has 0 radical (unpaired) electrons. The molecule has 0 unspecified atom stereocenters. The van der Waals surface area contributed by atoms with Gasteiger partial charge in [-0.3, -0.25) is 9.59 Å². The van der Waals surface area contributed by atoms with Crippen molar-refractivity contribution in [2.24, 2.45) is 0 Å². The van der Waals surface area contributed by atoms with E-state index in [1.54, 1.807) is 30.1 Å². The van der Waals surface area contributed by atoms with E-state index in [-0.39, 0.29) is 18.4 Å². The van der Waals surface area contributed by atoms with Gasteiger partial charge in [0.2, 0.25) is 5.91 Å². The topological polar surface area (TPSA) is 100 Å². The molecular formula is C30H32N4O5. The first-order valence-electron chi connectivity index (χ1n) is 12.5. The molecule has 39 heavy (non-hydrogen) atoms. The second-order valence-electron chi connectivity index (χ2n) is 9.32. The molecule has 9 heteroatoms. The molecule has 0 atom stereocenters. The van der Waals surface area contributed by atoms with Crippen LogP contribution in [-0.4, -0.2) is 70.7 Å². The van der Waals surface area contributed by atoms with Gasteiger partial charge < -0.3 is 29.9 Å². The number of carbonyl (C=O) groups is 3. The minimum Gasteiger partial charge on any atom is -0.460 e. The average molecular weight is 529 g/mol. The van der Waals surface area contributed by atoms with Crippen molar-refractivity contribution in [3.63, 3.8) is 0 Å². The van der Waals surface area contributed by atoms with Crippen LogP contribution < -0.4 is 15.5 Å². The van der Waals surface area contributed by atoms with E-state index in [4.69, 9.17) is 9.47 Å². The molecule has 0 bridgehead atoms. The number of anilines is 3. The number of ether oxygens (including phenoxy) is 2. The predicted molar refractivity (Wildman–Crippen MR) is 153 cm³/mol. The van der Waals surface area contributed by atoms with Crippen molar-refractivity contribution in [3.05, 3.63) is 89.5 Å². The quantitative estimate of drug-likeness (QED) is 0.234. The fourth-order valence-electron chi connectivity index (χ4n) is 4.17. The van der Waals surface area contributed by atoms with E-state index in [1.165, 1.54) is 7.11 Å². The number of hydrogen-bond donors (Lipinski definition) is 2. The normalized spacial score (nSPS) is 13.5. The molecule has 3 aromatic carbocycles. The predicted octanol–water partition coefficient (Wildman–Crippen LogP) is 3.95. The maximum Gasteiger partial charge on any atom is 0.338 e. The van der Waals surface area contributed by atoms with Crippen molar-refractivity contribution in [2.45, 2.75) is 0 Å². The van der Waals surface area contributed by atoms with Crippen LogP contribution in [0.2, 0.25) is 0 Å². The molecule has 1 aliphatic rings. The minimum atomic E-state index is -0.489. The number of benzene rings is 3. The molecule has 9 nitrogen and oxygen atoms in total. The first kappa shape index (κ1) is 27.6. The average Bonchev–Trinajstić information content (AvgIpc) is 3.26. The number of hydrogen-bond acceptors (Lipinski definition) is 7. The van der Waals surface area contributed by atoms with E-state index in [1.807, 2.05) is 73.6 Å². The van der Waals surface area contributed by atoms with Crippen molar-refractivity contribution < 1.29 is 23.9 Å². The van der Waals surface area contributed by atoms with Crippen molar-refractivity contribution >= 4 is 46.1 Å². The Bertz CT molecular complexity index is 1380. The fraction of sp³-hybridized carbons (Fsp3) is 0.233. The molecule has 0 saturated heterocycles. The van der Waals surface area contributed by atoms with Crippen LogP contribution in [0.1, 0.15) is 21.5 Å². The van der Waals surface area contributed by atoms with Crippen LogP contribution in [0.3, 0.4) is 0 Å². The Hall–Kier alpha value is -4.47. The third kappa shape index (κ3) is 6.51. The molecule has 2 N–H and O–H groups in total. The summed E-state index contributed by atoms with van der Waals surface area (Å²) in [6, 6.07) is 22.0. The molecule has 3 aromatic rings. The lowest BCUT2D eigenvalue weighted by Crippen LogP contribution is -2.34. The number of likely N-dealkylation sites (N-methyl/N-ethyl adjacent to an activating group) is 2. The zero-order chi connectivity index (χ0) is 27.9. The minimum absolute atomic E-state index is 0.0195. The molecule has 1 heterocycles. The Labute approximate surface area is 228 Å². The van der Waals surface area contributed by atoms with Gasteiger partial charge in [0, 0.05) is 31.1 Å². The van der Waals surface area contributed by atoms with E-state index in [0.29, 0.717) is 41.2 Å². The summed E-state index contributed by atoms with van der Waals surface area (Å²) in [4.78, 5) is 41.5. The van der Waals surface area contributed by atoms with Crippen molar-refractivity contribution in [2.75, 3.05) is 63.5 Å². The number of methoxy groups -OCH3 is 1. The molecule has 0 spiro atoms. The standard InChI is InChI=1S/C30H32N4O5/c1-33(2)19-26(35)34(3)23-13-11-22(12-14-23)31-28(20-8-6-5-7-9-20)27-24-15-10-21(18-25(24)32-29(27)36)30(37)39-17-16-38-4/h5-15,18,31H,16-17,19H2,1-4H3,(H,32,36). The van der Waals surface area contributed by atoms with Gasteiger partial charge >= 0.3 is 5.97 Å². The van der Waals surface area contributed by atoms with Crippen LogP contribution in [0.25, 0.3) is 11.3 Å². The molecule has 1 aliphatic heterocycles. The van der Waals surface area contributed by atoms with Gasteiger partial charge in [0.05, 0.1) is 35.7 Å². The number of fused-ring (bicyclic) bond motifs is 1. The van der Waals surface area contributed by atoms with E-state index in [9.17, 15) is 14.4 Å². The summed E-state index contributed by atoms with van der Waals surface area (Å²) in [5.41, 5.74) is 4.94. The van der Waals surface area contributed by atoms with Gasteiger partial charge in [-0.15, -0.1) is 0 Å². The highest BCUT2D eigenvalue weighted by molar-refractivity contribution is 6.37. The lowest BCUT2D eigenvalue weighted by atomic mass is 9.99. The number of carbonyl (C=O) groups excluding carboxylic acids is 3. The van der Waals surface area contributed by atoms with Crippen LogP contribution in [-0.2, 0) is 19.1 Å². The maximum absolute atomic E-state index is 13.2. The molecule has 2 amide bonds. The highest BCUT2D eigenvalue weighted by atomic mass is 16.6. The zero-order valence-electron chi connectivity index (χ0n) is 22.5. The van der Waals surface area contributed by atoms with Gasteiger partial charge in [0.1, 0.15) is 6.61 Å². The first-order chi connectivity index (χ1) is 18.8. The van der Waals surface area contributed by atoms with Crippen molar-refractivity contribution in [1.82, 2.24) is 4.90 Å². The van der Waals surface area contributed by atoms with Gasteiger partial charge in [-0.05, 0) is 56.1 Å². The Morgan fingerprint density at radius 3 is 2.28 bits per heavy atom. The van der Waals surface area contributed by atoms with Crippen molar-refractivity contribution in [1.29, 1.82) is 0 Å². The zero-order valence-corrected chi connectivity index (χ0v) is 22.5. The largest absolute Gasteiger partial charge is 0.460 e. The monoisotopic (exact) mass is 528 g/mol. The number of nitrogens with one attached hydrogen (secondary N) is 2. The highest BCUT2D eigenvalue weighted by Crippen LogP contribution is 2.38. The number of nitrogens with zero attached hydrogens (tertiary/aromatic N) is 2. The van der Waals surface area contributed by atoms with E-state index >= 15 is 0 Å². The number of esters is 1. The third-order valence-corrected chi connectivity index (χ3v) is 6.18. The van der Waals surface area contributed by atoms with Gasteiger partial charge in [0.25, 0.3) is 5.91 Å². The van der Waals surface area contributed by atoms with Crippen molar-refractivity contribution in [3.8, 4) is 0 Å². The smallest absolute Gasteiger partial charge is 0.338 e. The SMILES string of the molecule is COCCOC(=O)c1ccc2c(c1)NC(=O)C2=C(Nc1ccc(N(C)C(=O)CN(C)C)cc1)c1ccccc1. The summed E-state index contributed by atoms with van der Waals surface area (Å²) >= 11 is 0. The summed E-state index contributed by atoms with van der Waals surface area (Å²) in [6.45, 7) is 0.752. The Morgan fingerprint density at radius 2 is 1.62 bits per heavy atom. The lowest BCUT2D eigenvalue weighted by Gasteiger charge is -2.20. The molecule has 4 rings (SSSR count). The van der Waals surface area contributed by atoms with E-state index in [2.05, 4.69) is 10.6 Å². The van der Waals surface area contributed by atoms with Gasteiger partial charge in [-0.2, -0.15) is 0 Å². The van der Waals surface area contributed by atoms with E-state index < -0.39 is 5.97 Å². The van der Waals surface area contributed by atoms with Crippen LogP contribution in [0.15, 0.2) is 72.8 Å². The van der Waals surface area contributed by atoms with E-state index in [0.717, 1.165) is 16.9 Å². The summed E-state index contributed by atoms with van der Waals surface area (Å²) < 4.78 is 10.1. The molecule has 0 aromatic heterocycles. The summed E-state index contributed by atoms with van der Waals surface area (Å²) in [6.07, 6.45) is 0. The second-order valence-corrected chi connectivity index (χ2v) is 9.32. The number of rotatable bonds is 10. The van der Waals surface area contributed by atoms with Gasteiger partial charge in [-0.1, -0.05) is 36.4 Å². The van der Waals surface area contributed by atoms with Crippen LogP contribution in [0, 0.1) is 0 Å². The Kier molecular flexibility index (Phi) is 8.75. The first-order valence-corrected chi connectivity index (χ1v) is 12.5. The Balaban J connectivity index is 1.66. The molecule has 202 valence electrons. The molecule has 0 aliphatic carbocycles. The third-order valence-electron chi connectivity index (χ3n) is 6.18. The van der Waals surface area contributed by atoms with Crippen LogP contribution in [0.5, 0.6) is 0 Å². The molecule has 0 saturated carbocycles. The second kappa shape index (κ2) is 12.4.